The molecule has 0 saturated heterocycles. The van der Waals surface area contributed by atoms with E-state index in [1.54, 1.807) is 11.3 Å². The normalized spacial score (nSPS) is 10.5. The van der Waals surface area contributed by atoms with Gasteiger partial charge in [-0.15, -0.1) is 0 Å². The van der Waals surface area contributed by atoms with Crippen molar-refractivity contribution in [3.05, 3.63) is 28.8 Å². The number of aromatic amines is 1. The molecule has 2 rings (SSSR count). The van der Waals surface area contributed by atoms with Gasteiger partial charge in [-0.05, 0) is 18.0 Å². The topological polar surface area (TPSA) is 54.7 Å². The Kier molecular flexibility index (Phi) is 2.42. The first-order chi connectivity index (χ1) is 6.40. The van der Waals surface area contributed by atoms with Gasteiger partial charge < -0.3 is 10.7 Å². The summed E-state index contributed by atoms with van der Waals surface area (Å²) in [5.74, 6) is 0.962. The number of hydrogen-bond donors (Lipinski definition) is 2. The third-order valence-electron chi connectivity index (χ3n) is 1.84. The van der Waals surface area contributed by atoms with Gasteiger partial charge >= 0.3 is 0 Å². The SMILES string of the molecule is NCCc1ncc(-c2ccsc2)[nH]1. The van der Waals surface area contributed by atoms with Crippen molar-refractivity contribution in [2.75, 3.05) is 6.54 Å². The van der Waals surface area contributed by atoms with Crippen LogP contribution in [0.1, 0.15) is 5.82 Å². The molecule has 3 nitrogen and oxygen atoms in total. The Morgan fingerprint density at radius 3 is 3.15 bits per heavy atom. The summed E-state index contributed by atoms with van der Waals surface area (Å²) < 4.78 is 0. The fraction of sp³-hybridized carbons (Fsp3) is 0.222. The average molecular weight is 193 g/mol. The summed E-state index contributed by atoms with van der Waals surface area (Å²) in [6.45, 7) is 0.636. The molecule has 2 aromatic rings. The quantitative estimate of drug-likeness (QED) is 0.778. The van der Waals surface area contributed by atoms with E-state index in [2.05, 4.69) is 26.8 Å². The fourth-order valence-electron chi connectivity index (χ4n) is 1.19. The van der Waals surface area contributed by atoms with E-state index in [1.165, 1.54) is 5.56 Å². The molecule has 68 valence electrons. The second-order valence-corrected chi connectivity index (χ2v) is 3.57. The van der Waals surface area contributed by atoms with Crippen molar-refractivity contribution in [3.63, 3.8) is 0 Å². The number of thiophene rings is 1. The van der Waals surface area contributed by atoms with E-state index in [9.17, 15) is 0 Å². The molecule has 2 heterocycles. The van der Waals surface area contributed by atoms with E-state index in [4.69, 9.17) is 5.73 Å². The lowest BCUT2D eigenvalue weighted by atomic mass is 10.3. The molecule has 13 heavy (non-hydrogen) atoms. The number of nitrogens with one attached hydrogen (secondary N) is 1. The van der Waals surface area contributed by atoms with Crippen molar-refractivity contribution in [1.82, 2.24) is 9.97 Å². The van der Waals surface area contributed by atoms with Crippen molar-refractivity contribution in [2.45, 2.75) is 6.42 Å². The van der Waals surface area contributed by atoms with Crippen LogP contribution >= 0.6 is 11.3 Å². The Labute approximate surface area is 80.6 Å². The summed E-state index contributed by atoms with van der Waals surface area (Å²) in [7, 11) is 0. The third-order valence-corrected chi connectivity index (χ3v) is 2.52. The van der Waals surface area contributed by atoms with Crippen molar-refractivity contribution in [1.29, 1.82) is 0 Å². The number of hydrogen-bond acceptors (Lipinski definition) is 3. The highest BCUT2D eigenvalue weighted by molar-refractivity contribution is 7.08. The van der Waals surface area contributed by atoms with Crippen molar-refractivity contribution < 1.29 is 0 Å². The molecule has 0 aliphatic rings. The Morgan fingerprint density at radius 2 is 2.46 bits per heavy atom. The number of H-pyrrole nitrogens is 1. The first-order valence-electron chi connectivity index (χ1n) is 4.16. The smallest absolute Gasteiger partial charge is 0.107 e. The summed E-state index contributed by atoms with van der Waals surface area (Å²) >= 11 is 1.68. The molecule has 0 aliphatic carbocycles. The standard InChI is InChI=1S/C9H11N3S/c10-3-1-9-11-5-8(12-9)7-2-4-13-6-7/h2,4-6H,1,3,10H2,(H,11,12). The zero-order valence-corrected chi connectivity index (χ0v) is 7.97. The number of aromatic nitrogens is 2. The highest BCUT2D eigenvalue weighted by atomic mass is 32.1. The van der Waals surface area contributed by atoms with E-state index < -0.39 is 0 Å². The summed E-state index contributed by atoms with van der Waals surface area (Å²) in [4.78, 5) is 7.46. The van der Waals surface area contributed by atoms with E-state index in [1.807, 2.05) is 6.20 Å². The lowest BCUT2D eigenvalue weighted by Gasteiger charge is -1.91. The van der Waals surface area contributed by atoms with Gasteiger partial charge in [0, 0.05) is 17.4 Å². The molecule has 0 radical (unpaired) electrons. The molecular formula is C9H11N3S. The Hall–Kier alpha value is -1.13. The maximum absolute atomic E-state index is 5.43. The van der Waals surface area contributed by atoms with Crippen LogP contribution in [-0.4, -0.2) is 16.5 Å². The van der Waals surface area contributed by atoms with E-state index in [0.717, 1.165) is 17.9 Å². The number of imidazole rings is 1. The molecule has 0 aromatic carbocycles. The van der Waals surface area contributed by atoms with Gasteiger partial charge in [-0.3, -0.25) is 0 Å². The molecule has 4 heteroatoms. The largest absolute Gasteiger partial charge is 0.342 e. The minimum Gasteiger partial charge on any atom is -0.342 e. The van der Waals surface area contributed by atoms with Gasteiger partial charge in [0.1, 0.15) is 5.82 Å². The Balaban J connectivity index is 2.23. The second-order valence-electron chi connectivity index (χ2n) is 2.79. The first-order valence-corrected chi connectivity index (χ1v) is 5.11. The molecule has 3 N–H and O–H groups in total. The maximum Gasteiger partial charge on any atom is 0.107 e. The highest BCUT2D eigenvalue weighted by Gasteiger charge is 2.01. The summed E-state index contributed by atoms with van der Waals surface area (Å²) in [6.07, 6.45) is 2.66. The third kappa shape index (κ3) is 1.79. The summed E-state index contributed by atoms with van der Waals surface area (Å²) in [5.41, 5.74) is 7.70. The number of nitrogens with two attached hydrogens (primary N) is 1. The Bertz CT molecular complexity index is 364. The number of rotatable bonds is 3. The Morgan fingerprint density at radius 1 is 1.54 bits per heavy atom. The summed E-state index contributed by atoms with van der Waals surface area (Å²) in [5, 5.41) is 4.15. The predicted octanol–water partition coefficient (Wildman–Crippen LogP) is 1.64. The molecule has 0 fully saturated rings. The van der Waals surface area contributed by atoms with Crippen molar-refractivity contribution in [2.24, 2.45) is 5.73 Å². The minimum atomic E-state index is 0.636. The van der Waals surface area contributed by atoms with Gasteiger partial charge in [0.25, 0.3) is 0 Å². The molecular weight excluding hydrogens is 182 g/mol. The second kappa shape index (κ2) is 3.72. The van der Waals surface area contributed by atoms with E-state index in [-0.39, 0.29) is 0 Å². The zero-order valence-electron chi connectivity index (χ0n) is 7.16. The highest BCUT2D eigenvalue weighted by Crippen LogP contribution is 2.19. The van der Waals surface area contributed by atoms with Crippen LogP contribution in [0.25, 0.3) is 11.3 Å². The lowest BCUT2D eigenvalue weighted by Crippen LogP contribution is -2.03. The monoisotopic (exact) mass is 193 g/mol. The molecule has 0 amide bonds. The van der Waals surface area contributed by atoms with Crippen LogP contribution in [0.5, 0.6) is 0 Å². The van der Waals surface area contributed by atoms with Crippen molar-refractivity contribution >= 4 is 11.3 Å². The molecule has 2 aromatic heterocycles. The van der Waals surface area contributed by atoms with Gasteiger partial charge in [0.05, 0.1) is 11.9 Å². The maximum atomic E-state index is 5.43. The van der Waals surface area contributed by atoms with Crippen LogP contribution in [0.15, 0.2) is 23.0 Å². The molecule has 0 bridgehead atoms. The zero-order chi connectivity index (χ0) is 9.10. The molecule has 0 atom stereocenters. The minimum absolute atomic E-state index is 0.636. The van der Waals surface area contributed by atoms with E-state index in [0.29, 0.717) is 6.54 Å². The fourth-order valence-corrected chi connectivity index (χ4v) is 1.85. The van der Waals surface area contributed by atoms with Gasteiger partial charge in [-0.25, -0.2) is 4.98 Å². The molecule has 0 aliphatic heterocycles. The molecule has 0 unspecified atom stereocenters. The van der Waals surface area contributed by atoms with E-state index >= 15 is 0 Å². The van der Waals surface area contributed by atoms with Crippen LogP contribution in [-0.2, 0) is 6.42 Å². The lowest BCUT2D eigenvalue weighted by molar-refractivity contribution is 0.895. The van der Waals surface area contributed by atoms with Crippen LogP contribution in [0.4, 0.5) is 0 Å². The average Bonchev–Trinajstić information content (AvgIpc) is 2.70. The summed E-state index contributed by atoms with van der Waals surface area (Å²) in [6, 6.07) is 2.07. The van der Waals surface area contributed by atoms with Crippen LogP contribution in [0.2, 0.25) is 0 Å². The van der Waals surface area contributed by atoms with Crippen molar-refractivity contribution in [3.8, 4) is 11.3 Å². The van der Waals surface area contributed by atoms with Gasteiger partial charge in [-0.2, -0.15) is 11.3 Å². The molecule has 0 saturated carbocycles. The van der Waals surface area contributed by atoms with Crippen LogP contribution < -0.4 is 5.73 Å². The van der Waals surface area contributed by atoms with Gasteiger partial charge in [-0.1, -0.05) is 0 Å². The first kappa shape index (κ1) is 8.47. The van der Waals surface area contributed by atoms with Gasteiger partial charge in [0.2, 0.25) is 0 Å². The van der Waals surface area contributed by atoms with Gasteiger partial charge in [0.15, 0.2) is 0 Å². The van der Waals surface area contributed by atoms with Crippen LogP contribution in [0, 0.1) is 0 Å². The molecule has 0 spiro atoms. The van der Waals surface area contributed by atoms with Crippen LogP contribution in [0.3, 0.4) is 0 Å². The predicted molar refractivity (Wildman–Crippen MR) is 54.7 cm³/mol. The number of nitrogens with zero attached hydrogens (tertiary/aromatic N) is 1.